The minimum absolute atomic E-state index is 0.532. The molecule has 0 atom stereocenters. The van der Waals surface area contributed by atoms with Gasteiger partial charge in [-0.25, -0.2) is 15.0 Å². The first-order chi connectivity index (χ1) is 34.2. The Balaban J connectivity index is 1.06. The van der Waals surface area contributed by atoms with Gasteiger partial charge in [-0.1, -0.05) is 188 Å². The Morgan fingerprint density at radius 1 is 0.377 bits per heavy atom. The zero-order valence-electron chi connectivity index (χ0n) is 37.4. The predicted molar refractivity (Wildman–Crippen MR) is 281 cm³/mol. The molecule has 0 unspecified atom stereocenters. The number of nitrogens with zero attached hydrogens (tertiary/aromatic N) is 5. The molecule has 69 heavy (non-hydrogen) atoms. The molecular weight excluding hydrogens is 843 g/mol. The monoisotopic (exact) mass is 883 g/mol. The highest BCUT2D eigenvalue weighted by Gasteiger charge is 2.23. The maximum atomic E-state index is 6.81. The first-order valence-electron chi connectivity index (χ1n) is 23.2. The maximum Gasteiger partial charge on any atom is 0.166 e. The normalized spacial score (nSPS) is 11.5. The van der Waals surface area contributed by atoms with Crippen LogP contribution in [0.1, 0.15) is 11.1 Å². The van der Waals surface area contributed by atoms with Crippen molar-refractivity contribution in [2.45, 2.75) is 6.42 Å². The van der Waals surface area contributed by atoms with Gasteiger partial charge >= 0.3 is 0 Å². The Bertz CT molecular complexity index is 3960. The van der Waals surface area contributed by atoms with E-state index in [0.29, 0.717) is 23.9 Å². The van der Waals surface area contributed by atoms with Crippen LogP contribution in [0.2, 0.25) is 0 Å². The van der Waals surface area contributed by atoms with E-state index in [1.54, 1.807) is 0 Å². The van der Waals surface area contributed by atoms with Crippen LogP contribution < -0.4 is 0 Å². The molecule has 0 aliphatic carbocycles. The second kappa shape index (κ2) is 16.9. The molecule has 13 aromatic rings. The van der Waals surface area contributed by atoms with Crippen LogP contribution in [0, 0.1) is 0 Å². The fourth-order valence-corrected chi connectivity index (χ4v) is 9.93. The summed E-state index contributed by atoms with van der Waals surface area (Å²) >= 11 is 0. The van der Waals surface area contributed by atoms with E-state index in [0.717, 1.165) is 88.7 Å². The van der Waals surface area contributed by atoms with Gasteiger partial charge in [0, 0.05) is 55.7 Å². The van der Waals surface area contributed by atoms with Gasteiger partial charge in [-0.15, -0.1) is 0 Å². The van der Waals surface area contributed by atoms with Gasteiger partial charge < -0.3 is 8.98 Å². The number of hydrogen-bond acceptors (Lipinski definition) is 5. The van der Waals surface area contributed by atoms with Crippen molar-refractivity contribution in [1.82, 2.24) is 24.5 Å². The minimum Gasteiger partial charge on any atom is -0.456 e. The molecule has 0 saturated carbocycles. The van der Waals surface area contributed by atoms with Gasteiger partial charge in [0.2, 0.25) is 0 Å². The van der Waals surface area contributed by atoms with E-state index in [1.165, 1.54) is 22.1 Å². The fraction of sp³-hybridized carbons (Fsp3) is 0.0159. The lowest BCUT2D eigenvalue weighted by Gasteiger charge is -2.16. The number of para-hydroxylation sites is 2. The van der Waals surface area contributed by atoms with Gasteiger partial charge in [0.15, 0.2) is 17.5 Å². The Morgan fingerprint density at radius 2 is 0.986 bits per heavy atom. The lowest BCUT2D eigenvalue weighted by Crippen LogP contribution is -2.03. The SMILES string of the molecule is c1ccc(-c2ccc(-c3ccccc3)c(Cc3cnc(-c4cccc5oc6cc7c8ccccc8n(-c8ccccc8)c7cc6c45)c(-c4nc(-c5ccccc5)nc(-c5ccccc5)n4)c3)c2)cc1. The van der Waals surface area contributed by atoms with Gasteiger partial charge in [0.25, 0.3) is 0 Å². The van der Waals surface area contributed by atoms with Crippen LogP contribution in [0.3, 0.4) is 0 Å². The second-order valence-corrected chi connectivity index (χ2v) is 17.4. The lowest BCUT2D eigenvalue weighted by molar-refractivity contribution is 0.669. The molecule has 0 radical (unpaired) electrons. The third-order valence-corrected chi connectivity index (χ3v) is 13.1. The predicted octanol–water partition coefficient (Wildman–Crippen LogP) is 15.9. The van der Waals surface area contributed by atoms with E-state index in [-0.39, 0.29) is 0 Å². The van der Waals surface area contributed by atoms with E-state index in [9.17, 15) is 0 Å². The van der Waals surface area contributed by atoms with Crippen LogP contribution >= 0.6 is 0 Å². The van der Waals surface area contributed by atoms with Gasteiger partial charge in [0.1, 0.15) is 11.2 Å². The number of hydrogen-bond donors (Lipinski definition) is 0. The molecule has 13 rings (SSSR count). The average molecular weight is 884 g/mol. The number of rotatable bonds is 9. The highest BCUT2D eigenvalue weighted by atomic mass is 16.3. The lowest BCUT2D eigenvalue weighted by atomic mass is 9.91. The molecule has 0 saturated heterocycles. The summed E-state index contributed by atoms with van der Waals surface area (Å²) < 4.78 is 9.16. The van der Waals surface area contributed by atoms with Crippen molar-refractivity contribution in [1.29, 1.82) is 0 Å². The molecule has 6 heteroatoms. The van der Waals surface area contributed by atoms with Crippen molar-refractivity contribution in [2.75, 3.05) is 0 Å². The molecule has 0 fully saturated rings. The second-order valence-electron chi connectivity index (χ2n) is 17.4. The van der Waals surface area contributed by atoms with Crippen molar-refractivity contribution >= 4 is 43.7 Å². The number of fused-ring (bicyclic) bond motifs is 6. The molecule has 4 aromatic heterocycles. The van der Waals surface area contributed by atoms with Crippen LogP contribution in [0.25, 0.3) is 117 Å². The summed E-state index contributed by atoms with van der Waals surface area (Å²) in [4.78, 5) is 21.1. The van der Waals surface area contributed by atoms with E-state index < -0.39 is 0 Å². The van der Waals surface area contributed by atoms with E-state index in [4.69, 9.17) is 24.4 Å². The topological polar surface area (TPSA) is 69.6 Å². The Hall–Kier alpha value is -9.26. The molecule has 0 amide bonds. The Kier molecular flexibility index (Phi) is 9.79. The van der Waals surface area contributed by atoms with Crippen LogP contribution in [0.4, 0.5) is 0 Å². The van der Waals surface area contributed by atoms with Crippen LogP contribution in [0.5, 0.6) is 0 Å². The molecule has 9 aromatic carbocycles. The van der Waals surface area contributed by atoms with Crippen molar-refractivity contribution in [2.24, 2.45) is 0 Å². The number of aromatic nitrogens is 5. The standard InChI is InChI=1S/C63H41N5O/c1-6-19-42(20-7-1)46-33-34-49(43-21-8-2-9-22-43)47(37-46)35-41-36-54(63-66-61(44-23-10-3-11-24-44)65-62(67-63)45-25-12-4-13-26-45)60(64-40-41)51-30-18-32-57-59(51)53-38-56-52(39-58(53)69-57)50-29-16-17-31-55(50)68(56)48-27-14-5-15-28-48/h1-34,36-40H,35H2. The smallest absolute Gasteiger partial charge is 0.166 e. The maximum absolute atomic E-state index is 6.81. The fourth-order valence-electron chi connectivity index (χ4n) is 9.93. The zero-order valence-corrected chi connectivity index (χ0v) is 37.4. The molecular formula is C63H41N5O. The Morgan fingerprint density at radius 3 is 1.68 bits per heavy atom. The summed E-state index contributed by atoms with van der Waals surface area (Å²) in [6.45, 7) is 0. The van der Waals surface area contributed by atoms with Crippen LogP contribution in [0.15, 0.2) is 241 Å². The molecule has 0 bridgehead atoms. The highest BCUT2D eigenvalue weighted by Crippen LogP contribution is 2.43. The summed E-state index contributed by atoms with van der Waals surface area (Å²) in [7, 11) is 0. The molecule has 0 N–H and O–H groups in total. The van der Waals surface area contributed by atoms with Gasteiger partial charge in [-0.2, -0.15) is 0 Å². The van der Waals surface area contributed by atoms with Gasteiger partial charge in [-0.3, -0.25) is 4.98 Å². The van der Waals surface area contributed by atoms with Crippen molar-refractivity contribution in [3.8, 4) is 73.4 Å². The highest BCUT2D eigenvalue weighted by molar-refractivity contribution is 6.20. The first kappa shape index (κ1) is 40.1. The summed E-state index contributed by atoms with van der Waals surface area (Å²) in [5.74, 6) is 1.70. The molecule has 6 nitrogen and oxygen atoms in total. The summed E-state index contributed by atoms with van der Waals surface area (Å²) in [5, 5.41) is 4.27. The third kappa shape index (κ3) is 7.23. The van der Waals surface area contributed by atoms with Crippen LogP contribution in [-0.2, 0) is 6.42 Å². The third-order valence-electron chi connectivity index (χ3n) is 13.1. The summed E-state index contributed by atoms with van der Waals surface area (Å²) in [6.07, 6.45) is 2.64. The molecule has 4 heterocycles. The van der Waals surface area contributed by atoms with Crippen molar-refractivity contribution in [3.05, 3.63) is 248 Å². The number of furan rings is 1. The largest absolute Gasteiger partial charge is 0.456 e. The van der Waals surface area contributed by atoms with Gasteiger partial charge in [0.05, 0.1) is 16.7 Å². The Labute approximate surface area is 398 Å². The van der Waals surface area contributed by atoms with Crippen molar-refractivity contribution in [3.63, 3.8) is 0 Å². The number of pyridine rings is 1. The zero-order chi connectivity index (χ0) is 45.7. The minimum atomic E-state index is 0.532. The van der Waals surface area contributed by atoms with E-state index in [1.807, 2.05) is 66.9 Å². The van der Waals surface area contributed by atoms with Crippen LogP contribution in [-0.4, -0.2) is 24.5 Å². The molecule has 0 spiro atoms. The van der Waals surface area contributed by atoms with E-state index in [2.05, 4.69) is 174 Å². The van der Waals surface area contributed by atoms with Crippen molar-refractivity contribution < 1.29 is 4.42 Å². The number of benzene rings is 9. The molecule has 0 aliphatic heterocycles. The summed E-state index contributed by atoms with van der Waals surface area (Å²) in [5.41, 5.74) is 16.1. The van der Waals surface area contributed by atoms with Gasteiger partial charge in [-0.05, 0) is 82.3 Å². The molecule has 324 valence electrons. The van der Waals surface area contributed by atoms with E-state index >= 15 is 0 Å². The molecule has 0 aliphatic rings. The summed E-state index contributed by atoms with van der Waals surface area (Å²) in [6, 6.07) is 80.3. The quantitative estimate of drug-likeness (QED) is 0.144. The average Bonchev–Trinajstić information content (AvgIpc) is 3.96. The first-order valence-corrected chi connectivity index (χ1v) is 23.2.